The Labute approximate surface area is 128 Å². The Balaban J connectivity index is 2.18. The predicted octanol–water partition coefficient (Wildman–Crippen LogP) is 3.32. The fourth-order valence-electron chi connectivity index (χ4n) is 2.23. The second kappa shape index (κ2) is 5.46. The molecular weight excluding hydrogens is 280 g/mol. The summed E-state index contributed by atoms with van der Waals surface area (Å²) in [7, 11) is 0. The first-order valence-corrected chi connectivity index (χ1v) is 6.92. The SMILES string of the molecule is Cc1cncc(Nc2c(C(N)=S)cnc3ccccc23)c1. The normalized spacial score (nSPS) is 10.5. The summed E-state index contributed by atoms with van der Waals surface area (Å²) >= 11 is 5.14. The summed E-state index contributed by atoms with van der Waals surface area (Å²) in [5.41, 5.74) is 10.3. The number of hydrogen-bond acceptors (Lipinski definition) is 4. The Morgan fingerprint density at radius 3 is 2.76 bits per heavy atom. The van der Waals surface area contributed by atoms with Crippen molar-refractivity contribution in [2.75, 3.05) is 5.32 Å². The highest BCUT2D eigenvalue weighted by Crippen LogP contribution is 2.28. The monoisotopic (exact) mass is 294 g/mol. The molecule has 4 nitrogen and oxygen atoms in total. The first-order valence-electron chi connectivity index (χ1n) is 6.51. The number of para-hydroxylation sites is 1. The van der Waals surface area contributed by atoms with Crippen molar-refractivity contribution in [3.8, 4) is 0 Å². The predicted molar refractivity (Wildman–Crippen MR) is 89.9 cm³/mol. The molecule has 1 aromatic carbocycles. The van der Waals surface area contributed by atoms with E-state index in [0.717, 1.165) is 33.4 Å². The summed E-state index contributed by atoms with van der Waals surface area (Å²) in [4.78, 5) is 8.91. The number of aryl methyl sites for hydroxylation is 1. The molecule has 0 bridgehead atoms. The number of rotatable bonds is 3. The van der Waals surface area contributed by atoms with Crippen LogP contribution in [-0.2, 0) is 0 Å². The van der Waals surface area contributed by atoms with Gasteiger partial charge >= 0.3 is 0 Å². The number of pyridine rings is 2. The van der Waals surface area contributed by atoms with E-state index in [2.05, 4.69) is 15.3 Å². The van der Waals surface area contributed by atoms with Crippen molar-refractivity contribution in [3.05, 3.63) is 60.0 Å². The summed E-state index contributed by atoms with van der Waals surface area (Å²) in [5.74, 6) is 0. The molecule has 3 N–H and O–H groups in total. The van der Waals surface area contributed by atoms with Crippen molar-refractivity contribution in [1.82, 2.24) is 9.97 Å². The number of nitrogens with one attached hydrogen (secondary N) is 1. The second-order valence-electron chi connectivity index (χ2n) is 4.80. The molecule has 0 aliphatic carbocycles. The molecule has 2 aromatic heterocycles. The zero-order valence-electron chi connectivity index (χ0n) is 11.5. The van der Waals surface area contributed by atoms with Gasteiger partial charge in [-0.05, 0) is 24.6 Å². The molecule has 0 fully saturated rings. The minimum absolute atomic E-state index is 0.316. The minimum atomic E-state index is 0.316. The molecule has 3 rings (SSSR count). The number of aromatic nitrogens is 2. The second-order valence-corrected chi connectivity index (χ2v) is 5.24. The van der Waals surface area contributed by atoms with Crippen LogP contribution in [0.5, 0.6) is 0 Å². The summed E-state index contributed by atoms with van der Waals surface area (Å²) in [5, 5.41) is 4.34. The third kappa shape index (κ3) is 2.68. The van der Waals surface area contributed by atoms with Gasteiger partial charge in [0.15, 0.2) is 0 Å². The maximum atomic E-state index is 5.82. The zero-order chi connectivity index (χ0) is 14.8. The van der Waals surface area contributed by atoms with Crippen LogP contribution < -0.4 is 11.1 Å². The topological polar surface area (TPSA) is 63.8 Å². The number of nitrogens with two attached hydrogens (primary N) is 1. The lowest BCUT2D eigenvalue weighted by molar-refractivity contribution is 1.26. The largest absolute Gasteiger partial charge is 0.389 e. The maximum Gasteiger partial charge on any atom is 0.107 e. The molecule has 0 radical (unpaired) electrons. The van der Waals surface area contributed by atoms with E-state index >= 15 is 0 Å². The van der Waals surface area contributed by atoms with Gasteiger partial charge in [-0.3, -0.25) is 9.97 Å². The molecule has 0 saturated carbocycles. The third-order valence-corrected chi connectivity index (χ3v) is 3.41. The Morgan fingerprint density at radius 2 is 2.00 bits per heavy atom. The highest BCUT2D eigenvalue weighted by atomic mass is 32.1. The lowest BCUT2D eigenvalue weighted by atomic mass is 10.1. The Kier molecular flexibility index (Phi) is 3.50. The molecular formula is C16H14N4S. The smallest absolute Gasteiger partial charge is 0.107 e. The van der Waals surface area contributed by atoms with Crippen LogP contribution >= 0.6 is 12.2 Å². The lowest BCUT2D eigenvalue weighted by Crippen LogP contribution is -2.13. The first kappa shape index (κ1) is 13.5. The molecule has 0 unspecified atom stereocenters. The Bertz CT molecular complexity index is 829. The summed E-state index contributed by atoms with van der Waals surface area (Å²) < 4.78 is 0. The number of nitrogens with zero attached hydrogens (tertiary/aromatic N) is 2. The maximum absolute atomic E-state index is 5.82. The van der Waals surface area contributed by atoms with Crippen LogP contribution in [0.2, 0.25) is 0 Å². The highest BCUT2D eigenvalue weighted by Gasteiger charge is 2.11. The molecule has 104 valence electrons. The standard InChI is InChI=1S/C16H14N4S/c1-10-6-11(8-18-7-10)20-15-12-4-2-3-5-14(12)19-9-13(15)16(17)21/h2-9H,1H3,(H2,17,21)(H,19,20). The van der Waals surface area contributed by atoms with Gasteiger partial charge in [0.2, 0.25) is 0 Å². The Hall–Kier alpha value is -2.53. The quantitative estimate of drug-likeness (QED) is 0.726. The fourth-order valence-corrected chi connectivity index (χ4v) is 2.39. The van der Waals surface area contributed by atoms with Crippen LogP contribution in [0.15, 0.2) is 48.9 Å². The van der Waals surface area contributed by atoms with Gasteiger partial charge in [-0.2, -0.15) is 0 Å². The average Bonchev–Trinajstić information content (AvgIpc) is 2.47. The molecule has 0 spiro atoms. The van der Waals surface area contributed by atoms with Crippen molar-refractivity contribution >= 4 is 39.5 Å². The summed E-state index contributed by atoms with van der Waals surface area (Å²) in [6, 6.07) is 9.89. The molecule has 0 saturated heterocycles. The fraction of sp³-hybridized carbons (Fsp3) is 0.0625. The van der Waals surface area contributed by atoms with Gasteiger partial charge in [0, 0.05) is 17.8 Å². The van der Waals surface area contributed by atoms with Crippen LogP contribution in [0.25, 0.3) is 10.9 Å². The third-order valence-electron chi connectivity index (χ3n) is 3.19. The molecule has 0 aliphatic heterocycles. The van der Waals surface area contributed by atoms with Crippen molar-refractivity contribution in [3.63, 3.8) is 0 Å². The summed E-state index contributed by atoms with van der Waals surface area (Å²) in [6.07, 6.45) is 5.28. The van der Waals surface area contributed by atoms with Crippen molar-refractivity contribution in [2.24, 2.45) is 5.73 Å². The van der Waals surface area contributed by atoms with E-state index in [9.17, 15) is 0 Å². The lowest BCUT2D eigenvalue weighted by Gasteiger charge is -2.14. The van der Waals surface area contributed by atoms with Gasteiger partial charge in [-0.15, -0.1) is 0 Å². The van der Waals surface area contributed by atoms with E-state index in [-0.39, 0.29) is 0 Å². The number of anilines is 2. The van der Waals surface area contributed by atoms with Gasteiger partial charge in [0.05, 0.1) is 28.7 Å². The van der Waals surface area contributed by atoms with E-state index in [1.807, 2.05) is 43.5 Å². The number of thiocarbonyl (C=S) groups is 1. The first-order chi connectivity index (χ1) is 10.1. The van der Waals surface area contributed by atoms with Crippen LogP contribution in [0, 0.1) is 6.92 Å². The van der Waals surface area contributed by atoms with E-state index in [1.54, 1.807) is 12.4 Å². The molecule has 5 heteroatoms. The van der Waals surface area contributed by atoms with E-state index in [1.165, 1.54) is 0 Å². The Morgan fingerprint density at radius 1 is 1.19 bits per heavy atom. The van der Waals surface area contributed by atoms with Crippen LogP contribution in [0.4, 0.5) is 11.4 Å². The molecule has 3 aromatic rings. The zero-order valence-corrected chi connectivity index (χ0v) is 12.3. The van der Waals surface area contributed by atoms with E-state index < -0.39 is 0 Å². The average molecular weight is 294 g/mol. The van der Waals surface area contributed by atoms with Crippen LogP contribution in [0.1, 0.15) is 11.1 Å². The van der Waals surface area contributed by atoms with Gasteiger partial charge in [0.1, 0.15) is 4.99 Å². The number of fused-ring (bicyclic) bond motifs is 1. The van der Waals surface area contributed by atoms with Crippen molar-refractivity contribution in [2.45, 2.75) is 6.92 Å². The molecule has 0 atom stereocenters. The van der Waals surface area contributed by atoms with Gasteiger partial charge < -0.3 is 11.1 Å². The molecule has 2 heterocycles. The van der Waals surface area contributed by atoms with Crippen LogP contribution in [0.3, 0.4) is 0 Å². The van der Waals surface area contributed by atoms with Crippen molar-refractivity contribution in [1.29, 1.82) is 0 Å². The number of benzene rings is 1. The van der Waals surface area contributed by atoms with Gasteiger partial charge in [0.25, 0.3) is 0 Å². The molecule has 21 heavy (non-hydrogen) atoms. The van der Waals surface area contributed by atoms with Gasteiger partial charge in [-0.25, -0.2) is 0 Å². The summed E-state index contributed by atoms with van der Waals surface area (Å²) in [6.45, 7) is 2.00. The van der Waals surface area contributed by atoms with E-state index in [0.29, 0.717) is 4.99 Å². The molecule has 0 amide bonds. The molecule has 0 aliphatic rings. The number of hydrogen-bond donors (Lipinski definition) is 2. The highest BCUT2D eigenvalue weighted by molar-refractivity contribution is 7.80. The van der Waals surface area contributed by atoms with Gasteiger partial charge in [-0.1, -0.05) is 30.4 Å². The van der Waals surface area contributed by atoms with E-state index in [4.69, 9.17) is 18.0 Å². The van der Waals surface area contributed by atoms with Crippen molar-refractivity contribution < 1.29 is 0 Å². The minimum Gasteiger partial charge on any atom is -0.389 e. The van der Waals surface area contributed by atoms with Crippen LogP contribution in [-0.4, -0.2) is 15.0 Å².